The van der Waals surface area contributed by atoms with Gasteiger partial charge in [-0.3, -0.25) is 9.88 Å². The summed E-state index contributed by atoms with van der Waals surface area (Å²) >= 11 is 19.1. The third-order valence-corrected chi connectivity index (χ3v) is 8.92. The minimum Gasteiger partial charge on any atom is -0.492 e. The summed E-state index contributed by atoms with van der Waals surface area (Å²) in [6.07, 6.45) is 7.44. The van der Waals surface area contributed by atoms with Gasteiger partial charge in [0.2, 0.25) is 0 Å². The molecule has 2 saturated heterocycles. The monoisotopic (exact) mass is 600 g/mol. The maximum atomic E-state index is 6.57. The molecule has 1 atom stereocenters. The van der Waals surface area contributed by atoms with Crippen molar-refractivity contribution in [3.05, 3.63) is 86.6 Å². The standard InChI is InChI=1S/C32H39Cl3N4O/c1-23-18-28(8-11-36-23)37-29(19-25-4-5-26(33)20-31(25)35)22-39-14-9-24(10-15-39)30-7-6-27(34)21-32(30)40-17-16-38-12-2-3-13-38/h4-8,11,18,20-21,24,29H,2-3,9-10,12-17,19,22H2,1H3,(H,36,37)/t29-/m1/s1. The van der Waals surface area contributed by atoms with Crippen LogP contribution in [0.15, 0.2) is 54.7 Å². The van der Waals surface area contributed by atoms with Gasteiger partial charge in [-0.05, 0) is 119 Å². The van der Waals surface area contributed by atoms with Crippen molar-refractivity contribution in [2.75, 3.05) is 51.2 Å². The summed E-state index contributed by atoms with van der Waals surface area (Å²) in [6, 6.07) is 16.3. The van der Waals surface area contributed by atoms with E-state index in [0.717, 1.165) is 73.2 Å². The molecule has 1 N–H and O–H groups in total. The van der Waals surface area contributed by atoms with Crippen molar-refractivity contribution in [3.8, 4) is 5.75 Å². The number of rotatable bonds is 11. The Bertz CT molecular complexity index is 1260. The van der Waals surface area contributed by atoms with Gasteiger partial charge in [0, 0.05) is 51.8 Å². The first-order valence-corrected chi connectivity index (χ1v) is 15.6. The van der Waals surface area contributed by atoms with Gasteiger partial charge in [-0.2, -0.15) is 0 Å². The molecule has 2 aliphatic heterocycles. The Morgan fingerprint density at radius 3 is 2.42 bits per heavy atom. The number of hydrogen-bond donors (Lipinski definition) is 1. The van der Waals surface area contributed by atoms with Crippen molar-refractivity contribution in [2.24, 2.45) is 0 Å². The highest BCUT2D eigenvalue weighted by Gasteiger charge is 2.26. The van der Waals surface area contributed by atoms with Crippen LogP contribution in [0.4, 0.5) is 5.69 Å². The normalized spacial score (nSPS) is 17.7. The fourth-order valence-corrected chi connectivity index (χ4v) is 6.63. The minimum atomic E-state index is 0.192. The molecule has 0 aliphatic carbocycles. The zero-order valence-electron chi connectivity index (χ0n) is 23.2. The molecule has 2 aliphatic rings. The molecule has 5 rings (SSSR count). The lowest BCUT2D eigenvalue weighted by atomic mass is 9.88. The molecule has 0 unspecified atom stereocenters. The van der Waals surface area contributed by atoms with Crippen LogP contribution >= 0.6 is 34.8 Å². The van der Waals surface area contributed by atoms with E-state index in [0.29, 0.717) is 22.6 Å². The summed E-state index contributed by atoms with van der Waals surface area (Å²) in [5.41, 5.74) is 4.46. The third-order valence-electron chi connectivity index (χ3n) is 8.09. The summed E-state index contributed by atoms with van der Waals surface area (Å²) < 4.78 is 6.31. The molecule has 0 radical (unpaired) electrons. The number of nitrogens with zero attached hydrogens (tertiary/aromatic N) is 3. The van der Waals surface area contributed by atoms with E-state index in [9.17, 15) is 0 Å². The van der Waals surface area contributed by atoms with E-state index < -0.39 is 0 Å². The van der Waals surface area contributed by atoms with Crippen molar-refractivity contribution < 1.29 is 4.74 Å². The number of hydrogen-bond acceptors (Lipinski definition) is 5. The van der Waals surface area contributed by atoms with E-state index in [1.54, 1.807) is 0 Å². The van der Waals surface area contributed by atoms with Gasteiger partial charge in [0.15, 0.2) is 0 Å². The zero-order chi connectivity index (χ0) is 27.9. The molecule has 0 saturated carbocycles. The van der Waals surface area contributed by atoms with Crippen LogP contribution < -0.4 is 10.1 Å². The van der Waals surface area contributed by atoms with E-state index in [1.165, 1.54) is 31.5 Å². The number of halogens is 3. The van der Waals surface area contributed by atoms with Crippen molar-refractivity contribution in [1.82, 2.24) is 14.8 Å². The summed E-state index contributed by atoms with van der Waals surface area (Å²) in [5.74, 6) is 1.42. The fourth-order valence-electron chi connectivity index (χ4n) is 5.98. The van der Waals surface area contributed by atoms with Crippen molar-refractivity contribution in [1.29, 1.82) is 0 Å². The molecule has 3 heterocycles. The zero-order valence-corrected chi connectivity index (χ0v) is 25.5. The molecule has 0 bridgehead atoms. The van der Waals surface area contributed by atoms with Gasteiger partial charge in [0.05, 0.1) is 0 Å². The molecule has 2 aromatic carbocycles. The average molecular weight is 602 g/mol. The van der Waals surface area contributed by atoms with Crippen LogP contribution in [0.5, 0.6) is 5.75 Å². The first-order chi connectivity index (χ1) is 19.4. The minimum absolute atomic E-state index is 0.192. The number of pyridine rings is 1. The largest absolute Gasteiger partial charge is 0.492 e. The summed E-state index contributed by atoms with van der Waals surface area (Å²) in [7, 11) is 0. The second-order valence-electron chi connectivity index (χ2n) is 11.1. The van der Waals surface area contributed by atoms with E-state index in [1.807, 2.05) is 49.5 Å². The Balaban J connectivity index is 1.22. The molecule has 5 nitrogen and oxygen atoms in total. The highest BCUT2D eigenvalue weighted by Crippen LogP contribution is 2.36. The van der Waals surface area contributed by atoms with Gasteiger partial charge in [0.1, 0.15) is 12.4 Å². The Hall–Kier alpha value is -2.02. The highest BCUT2D eigenvalue weighted by molar-refractivity contribution is 6.35. The molecule has 8 heteroatoms. The molecule has 0 spiro atoms. The van der Waals surface area contributed by atoms with Crippen molar-refractivity contribution >= 4 is 40.5 Å². The van der Waals surface area contributed by atoms with Crippen molar-refractivity contribution in [2.45, 2.75) is 51.0 Å². The predicted octanol–water partition coefficient (Wildman–Crippen LogP) is 7.73. The number of ether oxygens (including phenoxy) is 1. The van der Waals surface area contributed by atoms with Gasteiger partial charge in [-0.15, -0.1) is 0 Å². The van der Waals surface area contributed by atoms with Crippen LogP contribution in [0.1, 0.15) is 48.4 Å². The first kappa shape index (κ1) is 29.5. The molecular weight excluding hydrogens is 563 g/mol. The van der Waals surface area contributed by atoms with Crippen LogP contribution in [-0.2, 0) is 6.42 Å². The molecule has 214 valence electrons. The molecular formula is C32H39Cl3N4O. The predicted molar refractivity (Wildman–Crippen MR) is 168 cm³/mol. The summed E-state index contributed by atoms with van der Waals surface area (Å²) in [6.45, 7) is 9.06. The molecule has 0 amide bonds. The third kappa shape index (κ3) is 8.27. The SMILES string of the molecule is Cc1cc(N[C@H](Cc2ccc(Cl)cc2Cl)CN2CCC(c3ccc(Cl)cc3OCCN3CCCC3)CC2)ccn1. The lowest BCUT2D eigenvalue weighted by Gasteiger charge is -2.35. The number of nitrogens with one attached hydrogen (secondary N) is 1. The lowest BCUT2D eigenvalue weighted by molar-refractivity contribution is 0.199. The van der Waals surface area contributed by atoms with E-state index in [2.05, 4.69) is 32.2 Å². The fraction of sp³-hybridized carbons (Fsp3) is 0.469. The number of piperidine rings is 1. The van der Waals surface area contributed by atoms with Gasteiger partial charge >= 0.3 is 0 Å². The Kier molecular flexibility index (Phi) is 10.5. The highest BCUT2D eigenvalue weighted by atomic mass is 35.5. The lowest BCUT2D eigenvalue weighted by Crippen LogP contribution is -2.42. The Morgan fingerprint density at radius 1 is 0.925 bits per heavy atom. The maximum Gasteiger partial charge on any atom is 0.124 e. The Morgan fingerprint density at radius 2 is 1.68 bits per heavy atom. The van der Waals surface area contributed by atoms with Crippen LogP contribution in [0.3, 0.4) is 0 Å². The molecule has 1 aromatic heterocycles. The second kappa shape index (κ2) is 14.2. The number of anilines is 1. The van der Waals surface area contributed by atoms with Crippen LogP contribution in [-0.4, -0.2) is 66.7 Å². The van der Waals surface area contributed by atoms with Gasteiger partial charge < -0.3 is 15.0 Å². The molecule has 40 heavy (non-hydrogen) atoms. The maximum absolute atomic E-state index is 6.57. The van der Waals surface area contributed by atoms with E-state index in [4.69, 9.17) is 39.5 Å². The quantitative estimate of drug-likeness (QED) is 0.244. The number of likely N-dealkylation sites (tertiary alicyclic amines) is 2. The number of benzene rings is 2. The molecule has 3 aromatic rings. The average Bonchev–Trinajstić information content (AvgIpc) is 3.45. The first-order valence-electron chi connectivity index (χ1n) is 14.4. The van der Waals surface area contributed by atoms with Gasteiger partial charge in [-0.1, -0.05) is 46.9 Å². The van der Waals surface area contributed by atoms with Crippen LogP contribution in [0, 0.1) is 6.92 Å². The van der Waals surface area contributed by atoms with Gasteiger partial charge in [-0.25, -0.2) is 0 Å². The second-order valence-corrected chi connectivity index (χ2v) is 12.4. The molecule has 2 fully saturated rings. The van der Waals surface area contributed by atoms with Gasteiger partial charge in [0.25, 0.3) is 0 Å². The summed E-state index contributed by atoms with van der Waals surface area (Å²) in [4.78, 5) is 9.40. The number of aryl methyl sites for hydroxylation is 1. The van der Waals surface area contributed by atoms with Crippen LogP contribution in [0.25, 0.3) is 0 Å². The Labute approximate surface area is 253 Å². The smallest absolute Gasteiger partial charge is 0.124 e. The van der Waals surface area contributed by atoms with Crippen molar-refractivity contribution in [3.63, 3.8) is 0 Å². The van der Waals surface area contributed by atoms with E-state index in [-0.39, 0.29) is 6.04 Å². The summed E-state index contributed by atoms with van der Waals surface area (Å²) in [5, 5.41) is 5.86. The van der Waals surface area contributed by atoms with E-state index >= 15 is 0 Å². The topological polar surface area (TPSA) is 40.6 Å². The van der Waals surface area contributed by atoms with Crippen LogP contribution in [0.2, 0.25) is 15.1 Å². The number of aromatic nitrogens is 1.